The van der Waals surface area contributed by atoms with Crippen molar-refractivity contribution in [1.29, 1.82) is 0 Å². The fourth-order valence-corrected chi connectivity index (χ4v) is 4.98. The summed E-state index contributed by atoms with van der Waals surface area (Å²) in [7, 11) is -7.06. The van der Waals surface area contributed by atoms with E-state index in [2.05, 4.69) is 4.72 Å². The summed E-state index contributed by atoms with van der Waals surface area (Å²) in [5.41, 5.74) is 0. The van der Waals surface area contributed by atoms with Gasteiger partial charge in [0.25, 0.3) is 0 Å². The van der Waals surface area contributed by atoms with Crippen molar-refractivity contribution in [2.45, 2.75) is 11.3 Å². The highest BCUT2D eigenvalue weighted by atomic mass is 32.2. The van der Waals surface area contributed by atoms with Crippen molar-refractivity contribution in [3.8, 4) is 0 Å². The molecule has 1 aliphatic heterocycles. The summed E-state index contributed by atoms with van der Waals surface area (Å²) in [6, 6.07) is 2.26. The highest BCUT2D eigenvalue weighted by Gasteiger charge is 2.29. The van der Waals surface area contributed by atoms with Crippen molar-refractivity contribution in [2.75, 3.05) is 18.1 Å². The smallest absolute Gasteiger partial charge is 0.229 e. The first-order valence-electron chi connectivity index (χ1n) is 5.85. The maximum Gasteiger partial charge on any atom is 0.240 e. The van der Waals surface area contributed by atoms with E-state index in [9.17, 15) is 25.6 Å². The SMILES string of the molecule is O=S1(=O)CCC(CNS(=O)(=O)c2ccc(F)c(F)c2)C1. The van der Waals surface area contributed by atoms with E-state index < -0.39 is 36.4 Å². The van der Waals surface area contributed by atoms with Gasteiger partial charge in [0.05, 0.1) is 16.4 Å². The second-order valence-electron chi connectivity index (χ2n) is 4.70. The highest BCUT2D eigenvalue weighted by Crippen LogP contribution is 2.19. The van der Waals surface area contributed by atoms with Crippen molar-refractivity contribution in [2.24, 2.45) is 5.92 Å². The van der Waals surface area contributed by atoms with Gasteiger partial charge in [-0.2, -0.15) is 0 Å². The van der Waals surface area contributed by atoms with E-state index in [1.54, 1.807) is 0 Å². The van der Waals surface area contributed by atoms with Crippen LogP contribution in [0.15, 0.2) is 23.1 Å². The van der Waals surface area contributed by atoms with Gasteiger partial charge >= 0.3 is 0 Å². The molecule has 1 N–H and O–H groups in total. The van der Waals surface area contributed by atoms with Gasteiger partial charge < -0.3 is 0 Å². The number of hydrogen-bond donors (Lipinski definition) is 1. The third kappa shape index (κ3) is 3.53. The van der Waals surface area contributed by atoms with Gasteiger partial charge in [-0.1, -0.05) is 0 Å². The van der Waals surface area contributed by atoms with Crippen LogP contribution in [-0.4, -0.2) is 34.9 Å². The van der Waals surface area contributed by atoms with E-state index in [4.69, 9.17) is 0 Å². The van der Waals surface area contributed by atoms with Crippen LogP contribution in [0.3, 0.4) is 0 Å². The van der Waals surface area contributed by atoms with Gasteiger partial charge in [0.15, 0.2) is 21.5 Å². The van der Waals surface area contributed by atoms with Crippen LogP contribution in [0.2, 0.25) is 0 Å². The van der Waals surface area contributed by atoms with Gasteiger partial charge in [-0.05, 0) is 30.5 Å². The minimum absolute atomic E-state index is 0.0411. The largest absolute Gasteiger partial charge is 0.240 e. The van der Waals surface area contributed by atoms with Gasteiger partial charge in [-0.15, -0.1) is 0 Å². The standard InChI is InChI=1S/C11H13F2NO4S2/c12-10-2-1-9(5-11(10)13)20(17,18)14-6-8-3-4-19(15,16)7-8/h1-2,5,8,14H,3-4,6-7H2. The molecular formula is C11H13F2NO4S2. The van der Waals surface area contributed by atoms with Crippen molar-refractivity contribution >= 4 is 19.9 Å². The van der Waals surface area contributed by atoms with Crippen LogP contribution in [-0.2, 0) is 19.9 Å². The third-order valence-electron chi connectivity index (χ3n) is 3.09. The molecule has 0 amide bonds. The Balaban J connectivity index is 2.06. The molecule has 0 radical (unpaired) electrons. The lowest BCUT2D eigenvalue weighted by Gasteiger charge is -2.10. The quantitative estimate of drug-likeness (QED) is 0.883. The van der Waals surface area contributed by atoms with Crippen LogP contribution in [0.1, 0.15) is 6.42 Å². The molecule has 9 heteroatoms. The summed E-state index contributed by atoms with van der Waals surface area (Å²) in [5, 5.41) is 0. The zero-order valence-corrected chi connectivity index (χ0v) is 12.0. The normalized spacial score (nSPS) is 22.0. The minimum Gasteiger partial charge on any atom is -0.229 e. The molecule has 0 bridgehead atoms. The lowest BCUT2D eigenvalue weighted by atomic mass is 10.1. The Hall–Kier alpha value is -1.06. The van der Waals surface area contributed by atoms with Gasteiger partial charge in [-0.25, -0.2) is 30.3 Å². The number of hydrogen-bond acceptors (Lipinski definition) is 4. The molecule has 1 aliphatic rings. The molecule has 1 heterocycles. The Kier molecular flexibility index (Phi) is 4.12. The molecule has 2 rings (SSSR count). The topological polar surface area (TPSA) is 80.3 Å². The van der Waals surface area contributed by atoms with Crippen molar-refractivity contribution in [3.63, 3.8) is 0 Å². The molecule has 1 fully saturated rings. The lowest BCUT2D eigenvalue weighted by Crippen LogP contribution is -2.30. The van der Waals surface area contributed by atoms with E-state index >= 15 is 0 Å². The monoisotopic (exact) mass is 325 g/mol. The number of halogens is 2. The first-order chi connectivity index (χ1) is 9.20. The highest BCUT2D eigenvalue weighted by molar-refractivity contribution is 7.91. The molecule has 1 unspecified atom stereocenters. The summed E-state index contributed by atoms with van der Waals surface area (Å²) < 4.78 is 74.2. The predicted octanol–water partition coefficient (Wildman–Crippen LogP) is 0.678. The number of rotatable bonds is 4. The molecule has 20 heavy (non-hydrogen) atoms. The van der Waals surface area contributed by atoms with E-state index in [0.29, 0.717) is 12.5 Å². The molecule has 0 aliphatic carbocycles. The van der Waals surface area contributed by atoms with Crippen LogP contribution in [0.4, 0.5) is 8.78 Å². The van der Waals surface area contributed by atoms with Crippen LogP contribution in [0.5, 0.6) is 0 Å². The van der Waals surface area contributed by atoms with E-state index in [-0.39, 0.29) is 24.0 Å². The first-order valence-corrected chi connectivity index (χ1v) is 9.15. The van der Waals surface area contributed by atoms with Crippen molar-refractivity contribution in [3.05, 3.63) is 29.8 Å². The molecule has 0 aromatic heterocycles. The lowest BCUT2D eigenvalue weighted by molar-refractivity contribution is 0.503. The van der Waals surface area contributed by atoms with Crippen molar-refractivity contribution in [1.82, 2.24) is 4.72 Å². The number of sulfonamides is 1. The van der Waals surface area contributed by atoms with Gasteiger partial charge in [-0.3, -0.25) is 0 Å². The Bertz CT molecular complexity index is 716. The summed E-state index contributed by atoms with van der Waals surface area (Å²) in [6.07, 6.45) is 0.392. The molecule has 112 valence electrons. The number of benzene rings is 1. The molecule has 1 saturated heterocycles. The zero-order valence-electron chi connectivity index (χ0n) is 10.3. The van der Waals surface area contributed by atoms with Crippen LogP contribution < -0.4 is 4.72 Å². The number of sulfone groups is 1. The molecular weight excluding hydrogens is 312 g/mol. The maximum absolute atomic E-state index is 13.0. The van der Waals surface area contributed by atoms with Crippen LogP contribution >= 0.6 is 0 Å². The van der Waals surface area contributed by atoms with Gasteiger partial charge in [0.1, 0.15) is 0 Å². The first kappa shape index (κ1) is 15.3. The fraction of sp³-hybridized carbons (Fsp3) is 0.455. The second-order valence-corrected chi connectivity index (χ2v) is 8.69. The molecule has 1 atom stereocenters. The van der Waals surface area contributed by atoms with E-state index in [1.165, 1.54) is 0 Å². The van der Waals surface area contributed by atoms with Gasteiger partial charge in [0, 0.05) is 6.54 Å². The average Bonchev–Trinajstić information content (AvgIpc) is 2.70. The fourth-order valence-electron chi connectivity index (χ4n) is 1.99. The molecule has 1 aromatic rings. The summed E-state index contributed by atoms with van der Waals surface area (Å²) in [5.74, 6) is -2.69. The number of nitrogens with one attached hydrogen (secondary N) is 1. The van der Waals surface area contributed by atoms with Gasteiger partial charge in [0.2, 0.25) is 10.0 Å². The molecule has 0 spiro atoms. The van der Waals surface area contributed by atoms with E-state index in [0.717, 1.165) is 12.1 Å². The Morgan fingerprint density at radius 1 is 1.25 bits per heavy atom. The minimum atomic E-state index is -3.98. The Morgan fingerprint density at radius 2 is 1.95 bits per heavy atom. The van der Waals surface area contributed by atoms with Crippen molar-refractivity contribution < 1.29 is 25.6 Å². The second kappa shape index (κ2) is 5.38. The zero-order chi connectivity index (χ0) is 15.0. The molecule has 0 saturated carbocycles. The van der Waals surface area contributed by atoms with Crippen LogP contribution in [0, 0.1) is 17.6 Å². The molecule has 1 aromatic carbocycles. The summed E-state index contributed by atoms with van der Waals surface area (Å²) in [6.45, 7) is -0.0411. The van der Waals surface area contributed by atoms with Crippen LogP contribution in [0.25, 0.3) is 0 Å². The van der Waals surface area contributed by atoms with E-state index in [1.807, 2.05) is 0 Å². The third-order valence-corrected chi connectivity index (χ3v) is 6.35. The Labute approximate surface area is 116 Å². The molecule has 5 nitrogen and oxygen atoms in total. The summed E-state index contributed by atoms with van der Waals surface area (Å²) in [4.78, 5) is -0.391. The Morgan fingerprint density at radius 3 is 2.50 bits per heavy atom. The predicted molar refractivity (Wildman–Crippen MR) is 68.3 cm³/mol. The summed E-state index contributed by atoms with van der Waals surface area (Å²) >= 11 is 0. The maximum atomic E-state index is 13.0. The average molecular weight is 325 g/mol.